The van der Waals surface area contributed by atoms with E-state index in [0.717, 1.165) is 54.8 Å². The minimum Gasteiger partial charge on any atom is -0.492 e. The van der Waals surface area contributed by atoms with E-state index < -0.39 is 0 Å². The fourth-order valence-corrected chi connectivity index (χ4v) is 4.03. The van der Waals surface area contributed by atoms with Crippen LogP contribution in [0, 0.1) is 5.92 Å². The minimum absolute atomic E-state index is 0.117. The number of fused-ring (bicyclic) bond motifs is 1. The van der Waals surface area contributed by atoms with Gasteiger partial charge in [-0.15, -0.1) is 0 Å². The molecule has 5 nitrogen and oxygen atoms in total. The number of amides is 1. The molecular weight excluding hydrogens is 398 g/mol. The number of aromatic nitrogens is 2. The molecule has 1 N–H and O–H groups in total. The SMILES string of the molecule is CCC(CC)C(=O)NCCCc1nc2ccccc2n1CCOc1ccc(C(C)C)cc1. The van der Waals surface area contributed by atoms with Gasteiger partial charge in [0.2, 0.25) is 5.91 Å². The molecule has 0 saturated carbocycles. The van der Waals surface area contributed by atoms with Crippen molar-refractivity contribution in [2.75, 3.05) is 13.2 Å². The van der Waals surface area contributed by atoms with Gasteiger partial charge in [-0.25, -0.2) is 4.98 Å². The zero-order chi connectivity index (χ0) is 22.9. The predicted octanol–water partition coefficient (Wildman–Crippen LogP) is 5.72. The molecule has 0 aliphatic rings. The maximum absolute atomic E-state index is 12.2. The molecule has 0 atom stereocenters. The highest BCUT2D eigenvalue weighted by Crippen LogP contribution is 2.20. The number of ether oxygens (including phenoxy) is 1. The van der Waals surface area contributed by atoms with Gasteiger partial charge in [0.15, 0.2) is 0 Å². The van der Waals surface area contributed by atoms with Crippen molar-refractivity contribution in [3.05, 3.63) is 59.9 Å². The van der Waals surface area contributed by atoms with Gasteiger partial charge in [-0.1, -0.05) is 52.0 Å². The van der Waals surface area contributed by atoms with Crippen LogP contribution in [0.4, 0.5) is 0 Å². The van der Waals surface area contributed by atoms with Crippen LogP contribution in [0.25, 0.3) is 11.0 Å². The van der Waals surface area contributed by atoms with E-state index in [-0.39, 0.29) is 11.8 Å². The smallest absolute Gasteiger partial charge is 0.223 e. The Kier molecular flexibility index (Phi) is 8.72. The van der Waals surface area contributed by atoms with Crippen molar-refractivity contribution in [3.8, 4) is 5.75 Å². The average molecular weight is 436 g/mol. The van der Waals surface area contributed by atoms with Crippen molar-refractivity contribution in [1.29, 1.82) is 0 Å². The molecular formula is C27H37N3O2. The number of nitrogens with one attached hydrogen (secondary N) is 1. The van der Waals surface area contributed by atoms with E-state index in [1.807, 2.05) is 24.3 Å². The van der Waals surface area contributed by atoms with Crippen LogP contribution < -0.4 is 10.1 Å². The molecule has 0 aliphatic heterocycles. The summed E-state index contributed by atoms with van der Waals surface area (Å²) in [7, 11) is 0. The van der Waals surface area contributed by atoms with E-state index in [0.29, 0.717) is 19.1 Å². The Hall–Kier alpha value is -2.82. The van der Waals surface area contributed by atoms with E-state index in [1.165, 1.54) is 5.56 Å². The van der Waals surface area contributed by atoms with E-state index >= 15 is 0 Å². The second kappa shape index (κ2) is 11.7. The summed E-state index contributed by atoms with van der Waals surface area (Å²) in [5.74, 6) is 2.74. The highest BCUT2D eigenvalue weighted by molar-refractivity contribution is 5.78. The zero-order valence-electron chi connectivity index (χ0n) is 19.9. The summed E-state index contributed by atoms with van der Waals surface area (Å²) in [4.78, 5) is 17.1. The number of para-hydroxylation sites is 2. The fourth-order valence-electron chi connectivity index (χ4n) is 4.03. The van der Waals surface area contributed by atoms with Crippen molar-refractivity contribution in [3.63, 3.8) is 0 Å². The third-order valence-corrected chi connectivity index (χ3v) is 6.10. The van der Waals surface area contributed by atoms with Crippen molar-refractivity contribution in [2.24, 2.45) is 5.92 Å². The van der Waals surface area contributed by atoms with Crippen LogP contribution in [0.15, 0.2) is 48.5 Å². The minimum atomic E-state index is 0.117. The first-order chi connectivity index (χ1) is 15.5. The van der Waals surface area contributed by atoms with Crippen LogP contribution >= 0.6 is 0 Å². The quantitative estimate of drug-likeness (QED) is 0.370. The van der Waals surface area contributed by atoms with E-state index in [9.17, 15) is 4.79 Å². The first-order valence-corrected chi connectivity index (χ1v) is 12.0. The fraction of sp³-hybridized carbons (Fsp3) is 0.481. The number of aryl methyl sites for hydroxylation is 1. The van der Waals surface area contributed by atoms with Crippen LogP contribution in [0.3, 0.4) is 0 Å². The van der Waals surface area contributed by atoms with Gasteiger partial charge in [-0.05, 0) is 55.0 Å². The first kappa shape index (κ1) is 23.8. The lowest BCUT2D eigenvalue weighted by Crippen LogP contribution is -2.31. The number of hydrogen-bond donors (Lipinski definition) is 1. The number of nitrogens with zero attached hydrogens (tertiary/aromatic N) is 2. The molecule has 2 aromatic carbocycles. The molecule has 0 fully saturated rings. The molecule has 5 heteroatoms. The van der Waals surface area contributed by atoms with E-state index in [4.69, 9.17) is 9.72 Å². The molecule has 1 heterocycles. The Morgan fingerprint density at radius 2 is 1.78 bits per heavy atom. The number of carbonyl (C=O) groups excluding carboxylic acids is 1. The highest BCUT2D eigenvalue weighted by Gasteiger charge is 2.14. The Morgan fingerprint density at radius 3 is 2.47 bits per heavy atom. The Labute approximate surface area is 192 Å². The predicted molar refractivity (Wildman–Crippen MR) is 131 cm³/mol. The Bertz CT molecular complexity index is 988. The molecule has 172 valence electrons. The third kappa shape index (κ3) is 6.12. The van der Waals surface area contributed by atoms with E-state index in [1.54, 1.807) is 0 Å². The lowest BCUT2D eigenvalue weighted by molar-refractivity contribution is -0.125. The molecule has 1 aromatic heterocycles. The maximum atomic E-state index is 12.2. The van der Waals surface area contributed by atoms with Gasteiger partial charge in [0.1, 0.15) is 18.2 Å². The summed E-state index contributed by atoms with van der Waals surface area (Å²) in [5, 5.41) is 3.08. The van der Waals surface area contributed by atoms with Gasteiger partial charge >= 0.3 is 0 Å². The van der Waals surface area contributed by atoms with Gasteiger partial charge in [0.05, 0.1) is 17.6 Å². The summed E-state index contributed by atoms with van der Waals surface area (Å²) < 4.78 is 8.27. The van der Waals surface area contributed by atoms with Gasteiger partial charge < -0.3 is 14.6 Å². The second-order valence-electron chi connectivity index (χ2n) is 8.65. The van der Waals surface area contributed by atoms with E-state index in [2.05, 4.69) is 61.8 Å². The largest absolute Gasteiger partial charge is 0.492 e. The lowest BCUT2D eigenvalue weighted by Gasteiger charge is -2.13. The summed E-state index contributed by atoms with van der Waals surface area (Å²) in [6.07, 6.45) is 3.46. The Morgan fingerprint density at radius 1 is 1.06 bits per heavy atom. The van der Waals surface area contributed by atoms with Crippen LogP contribution in [0.5, 0.6) is 5.75 Å². The van der Waals surface area contributed by atoms with Crippen LogP contribution in [-0.2, 0) is 17.8 Å². The topological polar surface area (TPSA) is 56.2 Å². The molecule has 32 heavy (non-hydrogen) atoms. The summed E-state index contributed by atoms with van der Waals surface area (Å²) in [6.45, 7) is 10.5. The van der Waals surface area contributed by atoms with Gasteiger partial charge in [0.25, 0.3) is 0 Å². The lowest BCUT2D eigenvalue weighted by atomic mass is 10.0. The van der Waals surface area contributed by atoms with Crippen LogP contribution in [-0.4, -0.2) is 28.6 Å². The number of imidazole rings is 1. The molecule has 0 radical (unpaired) electrons. The molecule has 1 amide bonds. The molecule has 0 aliphatic carbocycles. The van der Waals surface area contributed by atoms with Gasteiger partial charge in [-0.2, -0.15) is 0 Å². The van der Waals surface area contributed by atoms with Gasteiger partial charge in [0, 0.05) is 18.9 Å². The average Bonchev–Trinajstić information content (AvgIpc) is 3.15. The zero-order valence-corrected chi connectivity index (χ0v) is 19.9. The monoisotopic (exact) mass is 435 g/mol. The summed E-state index contributed by atoms with van der Waals surface area (Å²) in [5.41, 5.74) is 3.45. The highest BCUT2D eigenvalue weighted by atomic mass is 16.5. The maximum Gasteiger partial charge on any atom is 0.223 e. The Balaban J connectivity index is 1.59. The van der Waals surface area contributed by atoms with Crippen molar-refractivity contribution >= 4 is 16.9 Å². The molecule has 0 unspecified atom stereocenters. The molecule has 0 saturated heterocycles. The number of hydrogen-bond acceptors (Lipinski definition) is 3. The van der Waals surface area contributed by atoms with Gasteiger partial charge in [-0.3, -0.25) is 4.79 Å². The summed E-state index contributed by atoms with van der Waals surface area (Å²) >= 11 is 0. The number of benzene rings is 2. The third-order valence-electron chi connectivity index (χ3n) is 6.10. The summed E-state index contributed by atoms with van der Waals surface area (Å²) in [6, 6.07) is 16.6. The second-order valence-corrected chi connectivity index (χ2v) is 8.65. The van der Waals surface area contributed by atoms with Crippen molar-refractivity contribution in [2.45, 2.75) is 65.8 Å². The standard InChI is InChI=1S/C27H37N3O2/c1-5-21(6-2)27(31)28-17-9-12-26-29-24-10-7-8-11-25(24)30(26)18-19-32-23-15-13-22(14-16-23)20(3)4/h7-8,10-11,13-16,20-21H,5-6,9,12,17-19H2,1-4H3,(H,28,31). The molecule has 0 bridgehead atoms. The van der Waals surface area contributed by atoms with Crippen LogP contribution in [0.2, 0.25) is 0 Å². The first-order valence-electron chi connectivity index (χ1n) is 12.0. The van der Waals surface area contributed by atoms with Crippen molar-refractivity contribution in [1.82, 2.24) is 14.9 Å². The molecule has 0 spiro atoms. The number of rotatable bonds is 12. The number of carbonyl (C=O) groups is 1. The molecule has 3 aromatic rings. The normalized spacial score (nSPS) is 11.4. The van der Waals surface area contributed by atoms with Crippen LogP contribution in [0.1, 0.15) is 64.3 Å². The molecule has 3 rings (SSSR count). The van der Waals surface area contributed by atoms with Crippen molar-refractivity contribution < 1.29 is 9.53 Å².